The fourth-order valence-electron chi connectivity index (χ4n) is 3.87. The molecule has 1 aromatic carbocycles. The van der Waals surface area contributed by atoms with Crippen LogP contribution >= 0.6 is 0 Å². The summed E-state index contributed by atoms with van der Waals surface area (Å²) in [5.74, 6) is -0.165. The van der Waals surface area contributed by atoms with E-state index in [0.29, 0.717) is 12.2 Å². The van der Waals surface area contributed by atoms with Crippen LogP contribution in [0.1, 0.15) is 35.6 Å². The number of nitrogens with zero attached hydrogens (tertiary/aromatic N) is 3. The molecule has 0 saturated carbocycles. The highest BCUT2D eigenvalue weighted by molar-refractivity contribution is 6.05. The van der Waals surface area contributed by atoms with Crippen molar-refractivity contribution in [1.82, 2.24) is 25.0 Å². The fraction of sp³-hybridized carbons (Fsp3) is 0.429. The van der Waals surface area contributed by atoms with E-state index in [1.165, 1.54) is 5.52 Å². The predicted molar refractivity (Wildman–Crippen MR) is 112 cm³/mol. The average Bonchev–Trinajstić information content (AvgIpc) is 3.32. The lowest BCUT2D eigenvalue weighted by atomic mass is 10.1. The van der Waals surface area contributed by atoms with Crippen molar-refractivity contribution in [2.24, 2.45) is 0 Å². The standard InChI is InChI=1S/C21H28N6O/c1-3-26(4-2)11-12-27-10-8-15-13-16(5-6-19(15)27)23-21(28)20-17-14-22-9-7-18(17)24-25-20/h5-6,8,10,13,22H,3-4,7,9,11-12,14H2,1-2H3,(H,23,28)(H,24,25). The van der Waals surface area contributed by atoms with Gasteiger partial charge in [-0.2, -0.15) is 5.10 Å². The molecule has 3 heterocycles. The number of H-pyrrole nitrogens is 1. The van der Waals surface area contributed by atoms with Crippen LogP contribution in [0, 0.1) is 0 Å². The molecule has 0 fully saturated rings. The van der Waals surface area contributed by atoms with Gasteiger partial charge >= 0.3 is 0 Å². The molecule has 0 spiro atoms. The Morgan fingerprint density at radius 3 is 2.96 bits per heavy atom. The minimum atomic E-state index is -0.165. The second kappa shape index (κ2) is 8.16. The number of amides is 1. The van der Waals surface area contributed by atoms with Crippen molar-refractivity contribution >= 4 is 22.5 Å². The van der Waals surface area contributed by atoms with Crippen molar-refractivity contribution in [2.45, 2.75) is 33.4 Å². The maximum absolute atomic E-state index is 12.7. The Morgan fingerprint density at radius 1 is 1.29 bits per heavy atom. The van der Waals surface area contributed by atoms with E-state index in [1.54, 1.807) is 0 Å². The van der Waals surface area contributed by atoms with E-state index in [0.717, 1.165) is 61.5 Å². The van der Waals surface area contributed by atoms with E-state index in [1.807, 2.05) is 12.1 Å². The van der Waals surface area contributed by atoms with E-state index in [4.69, 9.17) is 0 Å². The maximum Gasteiger partial charge on any atom is 0.276 e. The first-order chi connectivity index (χ1) is 13.7. The Kier molecular flexibility index (Phi) is 5.45. The second-order valence-corrected chi connectivity index (χ2v) is 7.22. The summed E-state index contributed by atoms with van der Waals surface area (Å²) in [5.41, 5.74) is 4.50. The van der Waals surface area contributed by atoms with E-state index < -0.39 is 0 Å². The van der Waals surface area contributed by atoms with Crippen LogP contribution in [-0.2, 0) is 19.5 Å². The normalized spacial score (nSPS) is 13.8. The lowest BCUT2D eigenvalue weighted by molar-refractivity contribution is 0.102. The van der Waals surface area contributed by atoms with Gasteiger partial charge < -0.3 is 20.1 Å². The molecule has 3 N–H and O–H groups in total. The van der Waals surface area contributed by atoms with Gasteiger partial charge in [0.2, 0.25) is 0 Å². The number of rotatable bonds is 7. The van der Waals surface area contributed by atoms with Gasteiger partial charge in [0.05, 0.1) is 0 Å². The smallest absolute Gasteiger partial charge is 0.276 e. The van der Waals surface area contributed by atoms with Gasteiger partial charge in [0.15, 0.2) is 5.69 Å². The summed E-state index contributed by atoms with van der Waals surface area (Å²) in [6.45, 7) is 10.1. The molecule has 148 valence electrons. The molecule has 0 unspecified atom stereocenters. The van der Waals surface area contributed by atoms with Gasteiger partial charge in [0, 0.05) is 66.6 Å². The number of aromatic nitrogens is 3. The van der Waals surface area contributed by atoms with Crippen molar-refractivity contribution in [3.63, 3.8) is 0 Å². The van der Waals surface area contributed by atoms with Crippen molar-refractivity contribution in [3.05, 3.63) is 47.4 Å². The summed E-state index contributed by atoms with van der Waals surface area (Å²) in [7, 11) is 0. The lowest BCUT2D eigenvalue weighted by Gasteiger charge is -2.18. The van der Waals surface area contributed by atoms with Gasteiger partial charge in [-0.15, -0.1) is 0 Å². The van der Waals surface area contributed by atoms with Crippen LogP contribution in [0.4, 0.5) is 5.69 Å². The van der Waals surface area contributed by atoms with Gasteiger partial charge in [-0.3, -0.25) is 9.89 Å². The Morgan fingerprint density at radius 2 is 2.14 bits per heavy atom. The molecule has 1 aliphatic rings. The topological polar surface area (TPSA) is 78.0 Å². The predicted octanol–water partition coefficient (Wildman–Crippen LogP) is 2.60. The molecule has 4 rings (SSSR count). The van der Waals surface area contributed by atoms with Crippen molar-refractivity contribution in [2.75, 3.05) is 31.5 Å². The van der Waals surface area contributed by atoms with Crippen LogP contribution < -0.4 is 10.6 Å². The van der Waals surface area contributed by atoms with Gasteiger partial charge in [-0.1, -0.05) is 13.8 Å². The summed E-state index contributed by atoms with van der Waals surface area (Å²) in [6, 6.07) is 8.17. The minimum absolute atomic E-state index is 0.165. The molecular weight excluding hydrogens is 352 g/mol. The molecule has 0 bridgehead atoms. The summed E-state index contributed by atoms with van der Waals surface area (Å²) < 4.78 is 2.27. The number of carbonyl (C=O) groups excluding carboxylic acids is 1. The van der Waals surface area contributed by atoms with Crippen LogP contribution in [0.25, 0.3) is 10.9 Å². The summed E-state index contributed by atoms with van der Waals surface area (Å²) in [5, 5.41) is 14.7. The zero-order valence-corrected chi connectivity index (χ0v) is 16.6. The zero-order chi connectivity index (χ0) is 19.5. The highest BCUT2D eigenvalue weighted by Crippen LogP contribution is 2.22. The monoisotopic (exact) mass is 380 g/mol. The largest absolute Gasteiger partial charge is 0.346 e. The van der Waals surface area contributed by atoms with Crippen LogP contribution in [0.5, 0.6) is 0 Å². The Balaban J connectivity index is 1.48. The number of aromatic amines is 1. The number of likely N-dealkylation sites (N-methyl/N-ethyl adjacent to an activating group) is 1. The summed E-state index contributed by atoms with van der Waals surface area (Å²) in [4.78, 5) is 15.1. The maximum atomic E-state index is 12.7. The first kappa shape index (κ1) is 18.7. The minimum Gasteiger partial charge on any atom is -0.346 e. The molecule has 0 aliphatic carbocycles. The summed E-state index contributed by atoms with van der Waals surface area (Å²) in [6.07, 6.45) is 3.00. The number of fused-ring (bicyclic) bond motifs is 2. The second-order valence-electron chi connectivity index (χ2n) is 7.22. The van der Waals surface area contributed by atoms with Crippen LogP contribution in [-0.4, -0.2) is 51.8 Å². The third-order valence-corrected chi connectivity index (χ3v) is 5.60. The van der Waals surface area contributed by atoms with E-state index in [2.05, 4.69) is 62.5 Å². The molecule has 2 aromatic heterocycles. The van der Waals surface area contributed by atoms with Crippen molar-refractivity contribution < 1.29 is 4.79 Å². The van der Waals surface area contributed by atoms with E-state index in [-0.39, 0.29) is 5.91 Å². The molecule has 1 aliphatic heterocycles. The van der Waals surface area contributed by atoms with E-state index in [9.17, 15) is 4.79 Å². The third-order valence-electron chi connectivity index (χ3n) is 5.60. The first-order valence-electron chi connectivity index (χ1n) is 10.1. The number of hydrogen-bond acceptors (Lipinski definition) is 4. The van der Waals surface area contributed by atoms with Gasteiger partial charge in [0.1, 0.15) is 0 Å². The van der Waals surface area contributed by atoms with Crippen molar-refractivity contribution in [1.29, 1.82) is 0 Å². The van der Waals surface area contributed by atoms with Gasteiger partial charge in [0.25, 0.3) is 5.91 Å². The lowest BCUT2D eigenvalue weighted by Crippen LogP contribution is -2.26. The molecule has 28 heavy (non-hydrogen) atoms. The number of nitrogens with one attached hydrogen (secondary N) is 3. The molecular formula is C21H28N6O. The number of anilines is 1. The number of benzene rings is 1. The van der Waals surface area contributed by atoms with E-state index >= 15 is 0 Å². The Hall–Kier alpha value is -2.64. The molecule has 0 radical (unpaired) electrons. The number of hydrogen-bond donors (Lipinski definition) is 3. The Bertz CT molecular complexity index is 969. The van der Waals surface area contributed by atoms with Crippen molar-refractivity contribution in [3.8, 4) is 0 Å². The summed E-state index contributed by atoms with van der Waals surface area (Å²) >= 11 is 0. The van der Waals surface area contributed by atoms with Crippen LogP contribution in [0.3, 0.4) is 0 Å². The molecule has 0 atom stereocenters. The van der Waals surface area contributed by atoms with Gasteiger partial charge in [-0.25, -0.2) is 0 Å². The number of carbonyl (C=O) groups is 1. The fourth-order valence-corrected chi connectivity index (χ4v) is 3.87. The van der Waals surface area contributed by atoms with Crippen LogP contribution in [0.15, 0.2) is 30.5 Å². The Labute approximate surface area is 165 Å². The van der Waals surface area contributed by atoms with Crippen LogP contribution in [0.2, 0.25) is 0 Å². The zero-order valence-electron chi connectivity index (χ0n) is 16.6. The SMILES string of the molecule is CCN(CC)CCn1ccc2cc(NC(=O)c3n[nH]c4c3CNCC4)ccc21. The molecule has 7 heteroatoms. The molecule has 3 aromatic rings. The van der Waals surface area contributed by atoms with Gasteiger partial charge in [-0.05, 0) is 37.4 Å². The first-order valence-corrected chi connectivity index (χ1v) is 10.1. The molecule has 1 amide bonds. The highest BCUT2D eigenvalue weighted by atomic mass is 16.1. The highest BCUT2D eigenvalue weighted by Gasteiger charge is 2.21. The molecule has 0 saturated heterocycles. The molecule has 7 nitrogen and oxygen atoms in total. The average molecular weight is 380 g/mol. The quantitative estimate of drug-likeness (QED) is 0.589. The third kappa shape index (κ3) is 3.68.